The lowest BCUT2D eigenvalue weighted by Gasteiger charge is -2.24. The number of likely N-dealkylation sites (N-methyl/N-ethyl adjacent to an activating group) is 1. The van der Waals surface area contributed by atoms with Gasteiger partial charge in [0.15, 0.2) is 12.1 Å². The summed E-state index contributed by atoms with van der Waals surface area (Å²) in [6, 6.07) is 0. The number of rotatable bonds is 7. The van der Waals surface area contributed by atoms with Crippen molar-refractivity contribution in [1.29, 1.82) is 0 Å². The monoisotopic (exact) mass is 345 g/mol. The lowest BCUT2D eigenvalue weighted by molar-refractivity contribution is -0.154. The highest BCUT2D eigenvalue weighted by atomic mass is 16.6. The molecule has 4 unspecified atom stereocenters. The number of nitrogens with zero attached hydrogens (tertiary/aromatic N) is 2. The molecule has 4 atom stereocenters. The second kappa shape index (κ2) is 9.33. The van der Waals surface area contributed by atoms with Crippen LogP contribution >= 0.6 is 0 Å². The summed E-state index contributed by atoms with van der Waals surface area (Å²) in [5.41, 5.74) is 1.72. The first-order valence-electron chi connectivity index (χ1n) is 7.31. The Morgan fingerprint density at radius 3 is 2.62 bits per heavy atom. The van der Waals surface area contributed by atoms with Gasteiger partial charge in [-0.2, -0.15) is 4.99 Å². The van der Waals surface area contributed by atoms with Crippen molar-refractivity contribution in [2.75, 3.05) is 13.7 Å². The van der Waals surface area contributed by atoms with Crippen LogP contribution in [0.15, 0.2) is 17.3 Å². The van der Waals surface area contributed by atoms with Crippen molar-refractivity contribution in [2.45, 2.75) is 38.4 Å². The van der Waals surface area contributed by atoms with Crippen molar-refractivity contribution >= 4 is 18.2 Å². The molecule has 1 aliphatic heterocycles. The Morgan fingerprint density at radius 1 is 1.42 bits per heavy atom. The SMILES string of the molecule is CC(C)C(=O)OCC1OC(N(C)/C=C\C(=N/C=O)NO)C(O)C1O. The minimum atomic E-state index is -1.24. The first-order valence-corrected chi connectivity index (χ1v) is 7.31. The summed E-state index contributed by atoms with van der Waals surface area (Å²) in [5, 5.41) is 28.8. The van der Waals surface area contributed by atoms with E-state index in [2.05, 4.69) is 4.99 Å². The Bertz CT molecular complexity index is 495. The van der Waals surface area contributed by atoms with E-state index >= 15 is 0 Å². The van der Waals surface area contributed by atoms with Gasteiger partial charge in [0.05, 0.1) is 5.92 Å². The molecule has 136 valence electrons. The quantitative estimate of drug-likeness (QED) is 0.144. The van der Waals surface area contributed by atoms with Gasteiger partial charge in [-0.3, -0.25) is 20.3 Å². The van der Waals surface area contributed by atoms with Gasteiger partial charge in [0, 0.05) is 13.2 Å². The van der Waals surface area contributed by atoms with E-state index in [0.29, 0.717) is 0 Å². The molecule has 24 heavy (non-hydrogen) atoms. The number of carbonyl (C=O) groups excluding carboxylic acids is 2. The number of amides is 1. The molecule has 1 saturated heterocycles. The molecule has 0 aliphatic carbocycles. The molecule has 0 spiro atoms. The highest BCUT2D eigenvalue weighted by molar-refractivity contribution is 5.95. The molecule has 10 nitrogen and oxygen atoms in total. The molecule has 1 heterocycles. The van der Waals surface area contributed by atoms with Crippen LogP contribution in [0.2, 0.25) is 0 Å². The Kier molecular flexibility index (Phi) is 7.79. The smallest absolute Gasteiger partial charge is 0.308 e. The van der Waals surface area contributed by atoms with Gasteiger partial charge >= 0.3 is 5.97 Å². The molecule has 10 heteroatoms. The predicted molar refractivity (Wildman–Crippen MR) is 81.8 cm³/mol. The molecule has 1 rings (SSSR count). The van der Waals surface area contributed by atoms with Gasteiger partial charge in [-0.05, 0) is 6.08 Å². The summed E-state index contributed by atoms with van der Waals surface area (Å²) in [5.74, 6) is -0.857. The molecule has 0 aromatic heterocycles. The Labute approximate surface area is 139 Å². The van der Waals surface area contributed by atoms with E-state index in [1.54, 1.807) is 26.4 Å². The molecule has 1 aliphatic rings. The minimum Gasteiger partial charge on any atom is -0.463 e. The van der Waals surface area contributed by atoms with Crippen LogP contribution in [0.3, 0.4) is 0 Å². The number of hydroxylamine groups is 1. The average molecular weight is 345 g/mol. The van der Waals surface area contributed by atoms with E-state index < -0.39 is 30.5 Å². The zero-order valence-corrected chi connectivity index (χ0v) is 13.7. The number of ether oxygens (including phenoxy) is 2. The first-order chi connectivity index (χ1) is 11.3. The summed E-state index contributed by atoms with van der Waals surface area (Å²) < 4.78 is 10.5. The summed E-state index contributed by atoms with van der Waals surface area (Å²) in [6.45, 7) is 3.18. The third-order valence-corrected chi connectivity index (χ3v) is 3.37. The van der Waals surface area contributed by atoms with E-state index in [1.807, 2.05) is 0 Å². The molecule has 1 fully saturated rings. The van der Waals surface area contributed by atoms with Gasteiger partial charge in [0.25, 0.3) is 0 Å². The number of carbonyl (C=O) groups is 2. The number of hydrogen-bond donors (Lipinski definition) is 4. The van der Waals surface area contributed by atoms with Crippen molar-refractivity contribution in [2.24, 2.45) is 10.9 Å². The molecule has 0 bridgehead atoms. The summed E-state index contributed by atoms with van der Waals surface area (Å²) in [6.07, 6.45) is -1.36. The molecular formula is C14H23N3O7. The number of amidine groups is 1. The minimum absolute atomic E-state index is 0.118. The molecule has 4 N–H and O–H groups in total. The maximum Gasteiger partial charge on any atom is 0.308 e. The molecule has 0 aromatic carbocycles. The number of esters is 1. The van der Waals surface area contributed by atoms with Gasteiger partial charge in [-0.1, -0.05) is 13.8 Å². The molecular weight excluding hydrogens is 322 g/mol. The molecule has 0 radical (unpaired) electrons. The summed E-state index contributed by atoms with van der Waals surface area (Å²) >= 11 is 0. The predicted octanol–water partition coefficient (Wildman–Crippen LogP) is -1.39. The van der Waals surface area contributed by atoms with Crippen LogP contribution in [0.5, 0.6) is 0 Å². The fourth-order valence-electron chi connectivity index (χ4n) is 1.97. The van der Waals surface area contributed by atoms with Crippen LogP contribution in [0.1, 0.15) is 13.8 Å². The number of aliphatic imine (C=N–C) groups is 1. The summed E-state index contributed by atoms with van der Waals surface area (Å²) in [7, 11) is 1.55. The number of hydrogen-bond acceptors (Lipinski definition) is 8. The lowest BCUT2D eigenvalue weighted by Crippen LogP contribution is -2.40. The third-order valence-electron chi connectivity index (χ3n) is 3.37. The van der Waals surface area contributed by atoms with Gasteiger partial charge < -0.3 is 24.6 Å². The normalized spacial score (nSPS) is 27.5. The topological polar surface area (TPSA) is 141 Å². The number of aliphatic hydroxyl groups excluding tert-OH is 2. The van der Waals surface area contributed by atoms with Crippen LogP contribution in [0.25, 0.3) is 0 Å². The standard InChI is InChI=1S/C14H23N3O7/c1-8(2)14(21)23-6-9-11(19)12(20)13(24-9)17(3)5-4-10(16-22)15-7-18/h4-5,7-9,11-13,19-20,22H,6H2,1-3H3,(H,15,16,18)/b5-4-. The van der Waals surface area contributed by atoms with Crippen molar-refractivity contribution in [3.8, 4) is 0 Å². The second-order valence-electron chi connectivity index (χ2n) is 5.54. The van der Waals surface area contributed by atoms with Crippen LogP contribution in [-0.4, -0.2) is 76.7 Å². The van der Waals surface area contributed by atoms with E-state index in [-0.39, 0.29) is 24.8 Å². The zero-order valence-electron chi connectivity index (χ0n) is 13.7. The highest BCUT2D eigenvalue weighted by Crippen LogP contribution is 2.24. The van der Waals surface area contributed by atoms with Gasteiger partial charge in [-0.25, -0.2) is 0 Å². The second-order valence-corrected chi connectivity index (χ2v) is 5.54. The van der Waals surface area contributed by atoms with Crippen LogP contribution in [-0.2, 0) is 19.1 Å². The fraction of sp³-hybridized carbons (Fsp3) is 0.643. The third kappa shape index (κ3) is 5.27. The van der Waals surface area contributed by atoms with Gasteiger partial charge in [0.1, 0.15) is 24.9 Å². The van der Waals surface area contributed by atoms with Crippen molar-refractivity contribution in [3.63, 3.8) is 0 Å². The average Bonchev–Trinajstić information content (AvgIpc) is 2.84. The first kappa shape index (κ1) is 20.0. The van der Waals surface area contributed by atoms with Crippen LogP contribution in [0.4, 0.5) is 0 Å². The highest BCUT2D eigenvalue weighted by Gasteiger charge is 2.44. The number of nitrogens with one attached hydrogen (secondary N) is 1. The largest absolute Gasteiger partial charge is 0.463 e. The fourth-order valence-corrected chi connectivity index (χ4v) is 1.97. The Hall–Kier alpha value is -2.01. The summed E-state index contributed by atoms with van der Waals surface area (Å²) in [4.78, 5) is 26.4. The van der Waals surface area contributed by atoms with Gasteiger partial charge in [-0.15, -0.1) is 0 Å². The molecule has 0 aromatic rings. The van der Waals surface area contributed by atoms with Crippen molar-refractivity contribution < 1.29 is 34.5 Å². The van der Waals surface area contributed by atoms with Crippen molar-refractivity contribution in [1.82, 2.24) is 10.4 Å². The van der Waals surface area contributed by atoms with Gasteiger partial charge in [0.2, 0.25) is 6.41 Å². The van der Waals surface area contributed by atoms with E-state index in [9.17, 15) is 19.8 Å². The zero-order chi connectivity index (χ0) is 18.3. The number of aliphatic hydroxyl groups is 2. The maximum atomic E-state index is 11.5. The van der Waals surface area contributed by atoms with E-state index in [4.69, 9.17) is 14.7 Å². The van der Waals surface area contributed by atoms with E-state index in [0.717, 1.165) is 0 Å². The van der Waals surface area contributed by atoms with Crippen LogP contribution in [0, 0.1) is 5.92 Å². The van der Waals surface area contributed by atoms with E-state index in [1.165, 1.54) is 17.2 Å². The Morgan fingerprint density at radius 2 is 2.08 bits per heavy atom. The van der Waals surface area contributed by atoms with Crippen LogP contribution < -0.4 is 5.48 Å². The Balaban J connectivity index is 2.66. The molecule has 0 saturated carbocycles. The lowest BCUT2D eigenvalue weighted by atomic mass is 10.1. The van der Waals surface area contributed by atoms with Crippen molar-refractivity contribution in [3.05, 3.63) is 12.3 Å². The maximum absolute atomic E-state index is 11.5. The molecule has 1 amide bonds.